The molecule has 190 valence electrons. The molecule has 1 aliphatic carbocycles. The average molecular weight is 489 g/mol. The Labute approximate surface area is 212 Å². The molecule has 7 heteroatoms. The standard InChI is InChI=1S/C29H36N4O3/c1-19-24-4-2-3-5-25(24)32-27(19)29(35)33-26(13-10-20-6-7-20)28(34)31-18-21-8-11-22(12-9-21)36-23-14-16-30-17-15-23/h2-5,8-9,11-12,20,23,26,30,32H,6-7,10,13-18H2,1H3,(H,31,34)(H,33,35). The summed E-state index contributed by atoms with van der Waals surface area (Å²) in [5.41, 5.74) is 3.34. The van der Waals surface area contributed by atoms with Gasteiger partial charge in [-0.1, -0.05) is 43.2 Å². The summed E-state index contributed by atoms with van der Waals surface area (Å²) >= 11 is 0. The van der Waals surface area contributed by atoms with Crippen LogP contribution >= 0.6 is 0 Å². The minimum Gasteiger partial charge on any atom is -0.490 e. The van der Waals surface area contributed by atoms with Gasteiger partial charge in [-0.2, -0.15) is 0 Å². The van der Waals surface area contributed by atoms with E-state index in [9.17, 15) is 9.59 Å². The number of amides is 2. The summed E-state index contributed by atoms with van der Waals surface area (Å²) in [6, 6.07) is 15.2. The number of benzene rings is 2. The van der Waals surface area contributed by atoms with Gasteiger partial charge in [-0.25, -0.2) is 0 Å². The summed E-state index contributed by atoms with van der Waals surface area (Å²) in [5.74, 6) is 1.16. The average Bonchev–Trinajstić information content (AvgIpc) is 3.68. The minimum atomic E-state index is -0.563. The van der Waals surface area contributed by atoms with E-state index >= 15 is 0 Å². The number of nitrogens with one attached hydrogen (secondary N) is 4. The first-order chi connectivity index (χ1) is 17.6. The molecule has 1 aromatic heterocycles. The lowest BCUT2D eigenvalue weighted by Crippen LogP contribution is -2.46. The number of aryl methyl sites for hydroxylation is 1. The Morgan fingerprint density at radius 2 is 1.78 bits per heavy atom. The Hall–Kier alpha value is -3.32. The number of rotatable bonds is 10. The molecule has 2 aromatic carbocycles. The van der Waals surface area contributed by atoms with E-state index in [4.69, 9.17) is 4.74 Å². The number of para-hydroxylation sites is 1. The maximum Gasteiger partial charge on any atom is 0.268 e. The number of carbonyl (C=O) groups excluding carboxylic acids is 2. The summed E-state index contributed by atoms with van der Waals surface area (Å²) in [6.07, 6.45) is 6.32. The maximum atomic E-state index is 13.1. The monoisotopic (exact) mass is 488 g/mol. The molecule has 0 radical (unpaired) electrons. The quantitative estimate of drug-likeness (QED) is 0.344. The van der Waals surface area contributed by atoms with Gasteiger partial charge >= 0.3 is 0 Å². The Bertz CT molecular complexity index is 1190. The summed E-state index contributed by atoms with van der Waals surface area (Å²) in [5, 5.41) is 10.4. The van der Waals surface area contributed by atoms with Crippen LogP contribution in [0.15, 0.2) is 48.5 Å². The predicted molar refractivity (Wildman–Crippen MR) is 141 cm³/mol. The molecule has 36 heavy (non-hydrogen) atoms. The van der Waals surface area contributed by atoms with E-state index in [0.29, 0.717) is 24.6 Å². The van der Waals surface area contributed by atoms with Gasteiger partial charge in [-0.3, -0.25) is 9.59 Å². The third-order valence-electron chi connectivity index (χ3n) is 7.35. The van der Waals surface area contributed by atoms with Crippen molar-refractivity contribution in [3.05, 3.63) is 65.4 Å². The first-order valence-corrected chi connectivity index (χ1v) is 13.2. The Kier molecular flexibility index (Phi) is 7.56. The first kappa shape index (κ1) is 24.4. The highest BCUT2D eigenvalue weighted by molar-refractivity contribution is 6.02. The van der Waals surface area contributed by atoms with Crippen molar-refractivity contribution in [2.75, 3.05) is 13.1 Å². The number of aromatic amines is 1. The topological polar surface area (TPSA) is 95.2 Å². The van der Waals surface area contributed by atoms with E-state index in [0.717, 1.165) is 60.1 Å². The second-order valence-corrected chi connectivity index (χ2v) is 10.1. The molecule has 5 rings (SSSR count). The van der Waals surface area contributed by atoms with Gasteiger partial charge in [-0.15, -0.1) is 0 Å². The molecule has 2 aliphatic rings. The van der Waals surface area contributed by atoms with E-state index in [1.165, 1.54) is 12.8 Å². The normalized spacial score (nSPS) is 17.0. The lowest BCUT2D eigenvalue weighted by atomic mass is 10.1. The molecule has 0 bridgehead atoms. The SMILES string of the molecule is Cc1c(C(=O)NC(CCC2CC2)C(=O)NCc2ccc(OC3CCNCC3)cc2)[nH]c2ccccc12. The lowest BCUT2D eigenvalue weighted by molar-refractivity contribution is -0.123. The van der Waals surface area contributed by atoms with E-state index in [2.05, 4.69) is 20.9 Å². The molecule has 3 aromatic rings. The van der Waals surface area contributed by atoms with Gasteiger partial charge in [0.2, 0.25) is 5.91 Å². The Morgan fingerprint density at radius 1 is 1.03 bits per heavy atom. The molecule has 2 heterocycles. The number of hydrogen-bond donors (Lipinski definition) is 4. The van der Waals surface area contributed by atoms with Crippen LogP contribution in [0.5, 0.6) is 5.75 Å². The summed E-state index contributed by atoms with van der Waals surface area (Å²) in [4.78, 5) is 29.5. The van der Waals surface area contributed by atoms with Crippen molar-refractivity contribution < 1.29 is 14.3 Å². The van der Waals surface area contributed by atoms with Gasteiger partial charge in [-0.05, 0) is 80.9 Å². The summed E-state index contributed by atoms with van der Waals surface area (Å²) < 4.78 is 6.07. The molecule has 1 aliphatic heterocycles. The zero-order chi connectivity index (χ0) is 24.9. The van der Waals surface area contributed by atoms with Gasteiger partial charge in [0.1, 0.15) is 23.6 Å². The lowest BCUT2D eigenvalue weighted by Gasteiger charge is -2.24. The van der Waals surface area contributed by atoms with Crippen LogP contribution in [0.25, 0.3) is 10.9 Å². The molecule has 1 atom stereocenters. The minimum absolute atomic E-state index is 0.146. The van der Waals surface area contributed by atoms with Gasteiger partial charge in [0, 0.05) is 17.4 Å². The Morgan fingerprint density at radius 3 is 2.50 bits per heavy atom. The number of piperidine rings is 1. The van der Waals surface area contributed by atoms with E-state index in [-0.39, 0.29) is 17.9 Å². The van der Waals surface area contributed by atoms with Crippen LogP contribution in [-0.2, 0) is 11.3 Å². The number of ether oxygens (including phenoxy) is 1. The van der Waals surface area contributed by atoms with Crippen LogP contribution < -0.4 is 20.7 Å². The van der Waals surface area contributed by atoms with Crippen molar-refractivity contribution >= 4 is 22.7 Å². The second kappa shape index (κ2) is 11.2. The van der Waals surface area contributed by atoms with E-state index in [1.54, 1.807) is 0 Å². The van der Waals surface area contributed by atoms with Crippen LogP contribution in [0.3, 0.4) is 0 Å². The van der Waals surface area contributed by atoms with Crippen LogP contribution in [0.1, 0.15) is 60.1 Å². The van der Waals surface area contributed by atoms with E-state index in [1.807, 2.05) is 55.5 Å². The molecule has 2 fully saturated rings. The predicted octanol–water partition coefficient (Wildman–Crippen LogP) is 4.21. The van der Waals surface area contributed by atoms with E-state index < -0.39 is 6.04 Å². The van der Waals surface area contributed by atoms with Crippen molar-refractivity contribution in [2.45, 2.75) is 64.1 Å². The molecule has 2 amide bonds. The number of fused-ring (bicyclic) bond motifs is 1. The van der Waals surface area contributed by atoms with Crippen LogP contribution in [0, 0.1) is 12.8 Å². The highest BCUT2D eigenvalue weighted by Gasteiger charge is 2.27. The van der Waals surface area contributed by atoms with Crippen LogP contribution in [0.2, 0.25) is 0 Å². The molecule has 4 N–H and O–H groups in total. The number of H-pyrrole nitrogens is 1. The molecule has 7 nitrogen and oxygen atoms in total. The van der Waals surface area contributed by atoms with Crippen molar-refractivity contribution in [1.82, 2.24) is 20.9 Å². The van der Waals surface area contributed by atoms with Crippen molar-refractivity contribution in [3.8, 4) is 5.75 Å². The van der Waals surface area contributed by atoms with Crippen LogP contribution in [0.4, 0.5) is 0 Å². The molecule has 1 saturated heterocycles. The summed E-state index contributed by atoms with van der Waals surface area (Å²) in [7, 11) is 0. The number of hydrogen-bond acceptors (Lipinski definition) is 4. The number of carbonyl (C=O) groups is 2. The zero-order valence-electron chi connectivity index (χ0n) is 20.9. The summed E-state index contributed by atoms with van der Waals surface area (Å²) in [6.45, 7) is 4.33. The fourth-order valence-electron chi connectivity index (χ4n) is 4.92. The highest BCUT2D eigenvalue weighted by atomic mass is 16.5. The molecule has 1 unspecified atom stereocenters. The number of aromatic nitrogens is 1. The first-order valence-electron chi connectivity index (χ1n) is 13.2. The van der Waals surface area contributed by atoms with Gasteiger partial charge < -0.3 is 25.7 Å². The largest absolute Gasteiger partial charge is 0.490 e. The third kappa shape index (κ3) is 6.08. The fraction of sp³-hybridized carbons (Fsp3) is 0.448. The third-order valence-corrected chi connectivity index (χ3v) is 7.35. The molecular formula is C29H36N4O3. The maximum absolute atomic E-state index is 13.1. The van der Waals surface area contributed by atoms with Gasteiger partial charge in [0.25, 0.3) is 5.91 Å². The van der Waals surface area contributed by atoms with Gasteiger partial charge in [0.05, 0.1) is 0 Å². The van der Waals surface area contributed by atoms with Crippen molar-refractivity contribution in [1.29, 1.82) is 0 Å². The molecular weight excluding hydrogens is 452 g/mol. The van der Waals surface area contributed by atoms with Crippen LogP contribution in [-0.4, -0.2) is 42.0 Å². The molecule has 1 saturated carbocycles. The van der Waals surface area contributed by atoms with Crippen molar-refractivity contribution in [2.24, 2.45) is 5.92 Å². The highest BCUT2D eigenvalue weighted by Crippen LogP contribution is 2.34. The molecule has 0 spiro atoms. The van der Waals surface area contributed by atoms with Gasteiger partial charge in [0.15, 0.2) is 0 Å². The second-order valence-electron chi connectivity index (χ2n) is 10.1. The zero-order valence-corrected chi connectivity index (χ0v) is 20.9. The Balaban J connectivity index is 1.19. The van der Waals surface area contributed by atoms with Crippen molar-refractivity contribution in [3.63, 3.8) is 0 Å². The fourth-order valence-corrected chi connectivity index (χ4v) is 4.92. The smallest absolute Gasteiger partial charge is 0.268 e.